The van der Waals surface area contributed by atoms with Crippen LogP contribution >= 0.6 is 11.3 Å². The van der Waals surface area contributed by atoms with E-state index in [4.69, 9.17) is 5.73 Å². The Bertz CT molecular complexity index is 991. The van der Waals surface area contributed by atoms with Gasteiger partial charge in [-0.1, -0.05) is 17.4 Å². The van der Waals surface area contributed by atoms with Crippen molar-refractivity contribution in [1.29, 1.82) is 0 Å². The zero-order valence-corrected chi connectivity index (χ0v) is 15.6. The van der Waals surface area contributed by atoms with E-state index < -0.39 is 17.5 Å². The summed E-state index contributed by atoms with van der Waals surface area (Å²) >= 11 is 0.859. The van der Waals surface area contributed by atoms with Crippen molar-refractivity contribution < 1.29 is 13.6 Å². The van der Waals surface area contributed by atoms with Gasteiger partial charge < -0.3 is 16.4 Å². The SMILES string of the molecule is Nc1sc(-c2c(F)cccc2F)nc1C(=O)Nc1cnn([C@@H]2CCCNC2)c1. The second kappa shape index (κ2) is 7.64. The highest BCUT2D eigenvalue weighted by Crippen LogP contribution is 2.33. The molecule has 0 bridgehead atoms. The lowest BCUT2D eigenvalue weighted by atomic mass is 10.1. The third-order valence-corrected chi connectivity index (χ3v) is 5.45. The first-order valence-corrected chi connectivity index (χ1v) is 9.61. The van der Waals surface area contributed by atoms with Crippen molar-refractivity contribution >= 4 is 27.9 Å². The maximum absolute atomic E-state index is 14.0. The van der Waals surface area contributed by atoms with Crippen LogP contribution in [0.3, 0.4) is 0 Å². The van der Waals surface area contributed by atoms with E-state index >= 15 is 0 Å². The first-order valence-electron chi connectivity index (χ1n) is 8.80. The minimum Gasteiger partial charge on any atom is -0.389 e. The fraction of sp³-hybridized carbons (Fsp3) is 0.278. The highest BCUT2D eigenvalue weighted by Gasteiger charge is 2.22. The van der Waals surface area contributed by atoms with Gasteiger partial charge >= 0.3 is 0 Å². The van der Waals surface area contributed by atoms with Crippen molar-refractivity contribution in [1.82, 2.24) is 20.1 Å². The number of nitrogens with two attached hydrogens (primary N) is 1. The Labute approximate surface area is 163 Å². The van der Waals surface area contributed by atoms with Gasteiger partial charge in [-0.3, -0.25) is 9.48 Å². The van der Waals surface area contributed by atoms with E-state index in [0.717, 1.165) is 49.4 Å². The van der Waals surface area contributed by atoms with Crippen molar-refractivity contribution in [3.05, 3.63) is 47.9 Å². The Morgan fingerprint density at radius 3 is 2.86 bits per heavy atom. The number of carbonyl (C=O) groups is 1. The summed E-state index contributed by atoms with van der Waals surface area (Å²) in [4.78, 5) is 16.6. The quantitative estimate of drug-likeness (QED) is 0.621. The number of aromatic nitrogens is 3. The number of nitrogens with one attached hydrogen (secondary N) is 2. The first-order chi connectivity index (χ1) is 13.5. The Morgan fingerprint density at radius 2 is 2.14 bits per heavy atom. The van der Waals surface area contributed by atoms with Gasteiger partial charge in [-0.2, -0.15) is 5.10 Å². The van der Waals surface area contributed by atoms with Crippen LogP contribution in [0.5, 0.6) is 0 Å². The molecule has 0 spiro atoms. The molecule has 146 valence electrons. The molecule has 0 saturated carbocycles. The molecule has 1 saturated heterocycles. The van der Waals surface area contributed by atoms with E-state index in [9.17, 15) is 13.6 Å². The lowest BCUT2D eigenvalue weighted by Gasteiger charge is -2.22. The first kappa shape index (κ1) is 18.5. The molecule has 4 rings (SSSR count). The number of rotatable bonds is 4. The minimum absolute atomic E-state index is 0.0159. The highest BCUT2D eigenvalue weighted by atomic mass is 32.1. The zero-order valence-electron chi connectivity index (χ0n) is 14.8. The fourth-order valence-electron chi connectivity index (χ4n) is 3.16. The molecular formula is C18H18F2N6OS. The zero-order chi connectivity index (χ0) is 19.7. The number of hydrogen-bond acceptors (Lipinski definition) is 6. The van der Waals surface area contributed by atoms with Crippen LogP contribution in [0.1, 0.15) is 29.4 Å². The lowest BCUT2D eigenvalue weighted by molar-refractivity contribution is 0.102. The maximum atomic E-state index is 14.0. The molecule has 1 atom stereocenters. The molecule has 1 amide bonds. The Morgan fingerprint density at radius 1 is 1.36 bits per heavy atom. The molecule has 0 radical (unpaired) electrons. The van der Waals surface area contributed by atoms with Crippen LogP contribution < -0.4 is 16.4 Å². The van der Waals surface area contributed by atoms with E-state index in [-0.39, 0.29) is 27.3 Å². The number of piperidine rings is 1. The average Bonchev–Trinajstić information content (AvgIpc) is 3.29. The topological polar surface area (TPSA) is 97.9 Å². The lowest BCUT2D eigenvalue weighted by Crippen LogP contribution is -2.31. The summed E-state index contributed by atoms with van der Waals surface area (Å²) in [5.74, 6) is -2.08. The number of nitrogen functional groups attached to an aromatic ring is 1. The number of hydrogen-bond donors (Lipinski definition) is 3. The number of carbonyl (C=O) groups excluding carboxylic acids is 1. The Balaban J connectivity index is 1.53. The van der Waals surface area contributed by atoms with Crippen molar-refractivity contribution in [2.45, 2.75) is 18.9 Å². The second-order valence-corrected chi connectivity index (χ2v) is 7.52. The molecule has 1 aliphatic heterocycles. The van der Waals surface area contributed by atoms with Crippen molar-refractivity contribution in [3.63, 3.8) is 0 Å². The molecule has 1 aliphatic rings. The smallest absolute Gasteiger partial charge is 0.277 e. The molecule has 4 N–H and O–H groups in total. The van der Waals surface area contributed by atoms with Crippen LogP contribution in [0.2, 0.25) is 0 Å². The molecule has 1 aromatic carbocycles. The number of benzene rings is 1. The summed E-state index contributed by atoms with van der Waals surface area (Å²) in [7, 11) is 0. The van der Waals surface area contributed by atoms with Gasteiger partial charge in [-0.05, 0) is 31.5 Å². The molecule has 10 heteroatoms. The number of nitrogens with zero attached hydrogens (tertiary/aromatic N) is 3. The Hall–Kier alpha value is -2.85. The number of thiazole rings is 1. The monoisotopic (exact) mass is 404 g/mol. The van der Waals surface area contributed by atoms with Crippen LogP contribution in [-0.2, 0) is 0 Å². The summed E-state index contributed by atoms with van der Waals surface area (Å²) in [5.41, 5.74) is 6.01. The van der Waals surface area contributed by atoms with Gasteiger partial charge in [-0.25, -0.2) is 13.8 Å². The predicted octanol–water partition coefficient (Wildman–Crippen LogP) is 3.04. The van der Waals surface area contributed by atoms with E-state index in [1.165, 1.54) is 6.07 Å². The molecule has 28 heavy (non-hydrogen) atoms. The molecule has 2 aromatic heterocycles. The van der Waals surface area contributed by atoms with Gasteiger partial charge in [0.15, 0.2) is 5.69 Å². The summed E-state index contributed by atoms with van der Waals surface area (Å²) in [5, 5.41) is 10.4. The fourth-order valence-corrected chi connectivity index (χ4v) is 4.03. The van der Waals surface area contributed by atoms with Gasteiger partial charge in [0.1, 0.15) is 21.6 Å². The Kier molecular flexibility index (Phi) is 5.05. The average molecular weight is 404 g/mol. The number of amides is 1. The largest absolute Gasteiger partial charge is 0.389 e. The van der Waals surface area contributed by atoms with Crippen LogP contribution in [0, 0.1) is 11.6 Å². The molecule has 7 nitrogen and oxygen atoms in total. The van der Waals surface area contributed by atoms with Crippen LogP contribution in [0.25, 0.3) is 10.6 Å². The highest BCUT2D eigenvalue weighted by molar-refractivity contribution is 7.19. The van der Waals surface area contributed by atoms with Crippen LogP contribution in [-0.4, -0.2) is 33.8 Å². The van der Waals surface area contributed by atoms with E-state index in [0.29, 0.717) is 5.69 Å². The molecule has 3 heterocycles. The van der Waals surface area contributed by atoms with E-state index in [1.54, 1.807) is 12.4 Å². The standard InChI is InChI=1S/C18H18F2N6OS/c19-12-4-1-5-13(20)14(12)18-25-15(16(21)28-18)17(27)24-10-7-23-26(9-10)11-3-2-6-22-8-11/h1,4-5,7,9,11,22H,2-3,6,8,21H2,(H,24,27)/t11-/m1/s1. The molecule has 0 unspecified atom stereocenters. The van der Waals surface area contributed by atoms with E-state index in [1.807, 2.05) is 4.68 Å². The molecular weight excluding hydrogens is 386 g/mol. The summed E-state index contributed by atoms with van der Waals surface area (Å²) in [6.07, 6.45) is 5.37. The van der Waals surface area contributed by atoms with Crippen LogP contribution in [0.15, 0.2) is 30.6 Å². The van der Waals surface area contributed by atoms with E-state index in [2.05, 4.69) is 20.7 Å². The minimum atomic E-state index is -0.761. The predicted molar refractivity (Wildman–Crippen MR) is 103 cm³/mol. The van der Waals surface area contributed by atoms with Gasteiger partial charge in [-0.15, -0.1) is 0 Å². The summed E-state index contributed by atoms with van der Waals surface area (Å²) in [6, 6.07) is 3.76. The second-order valence-electron chi connectivity index (χ2n) is 6.49. The third-order valence-electron chi connectivity index (χ3n) is 4.55. The molecule has 1 fully saturated rings. The molecule has 0 aliphatic carbocycles. The van der Waals surface area contributed by atoms with Gasteiger partial charge in [0, 0.05) is 12.7 Å². The number of halogens is 2. The summed E-state index contributed by atoms with van der Waals surface area (Å²) in [6.45, 7) is 1.82. The van der Waals surface area contributed by atoms with Crippen LogP contribution in [0.4, 0.5) is 19.5 Å². The number of anilines is 2. The van der Waals surface area contributed by atoms with Gasteiger partial charge in [0.2, 0.25) is 0 Å². The van der Waals surface area contributed by atoms with Gasteiger partial charge in [0.25, 0.3) is 5.91 Å². The van der Waals surface area contributed by atoms with Crippen molar-refractivity contribution in [2.24, 2.45) is 0 Å². The van der Waals surface area contributed by atoms with Crippen molar-refractivity contribution in [2.75, 3.05) is 24.1 Å². The normalized spacial score (nSPS) is 16.9. The van der Waals surface area contributed by atoms with Crippen molar-refractivity contribution in [3.8, 4) is 10.6 Å². The van der Waals surface area contributed by atoms with Gasteiger partial charge in [0.05, 0.1) is 23.5 Å². The molecule has 3 aromatic rings. The third kappa shape index (κ3) is 3.60. The maximum Gasteiger partial charge on any atom is 0.277 e. The summed E-state index contributed by atoms with van der Waals surface area (Å²) < 4.78 is 29.8.